The van der Waals surface area contributed by atoms with Gasteiger partial charge in [-0.25, -0.2) is 0 Å². The minimum absolute atomic E-state index is 0.0967. The molecule has 0 bridgehead atoms. The van der Waals surface area contributed by atoms with Crippen LogP contribution in [0.15, 0.2) is 60.3 Å². The molecule has 1 atom stereocenters. The van der Waals surface area contributed by atoms with Crippen molar-refractivity contribution in [2.75, 3.05) is 24.6 Å². The van der Waals surface area contributed by atoms with Gasteiger partial charge in [0.15, 0.2) is 0 Å². The fourth-order valence-corrected chi connectivity index (χ4v) is 4.05. The summed E-state index contributed by atoms with van der Waals surface area (Å²) >= 11 is 6.04. The third kappa shape index (κ3) is 3.80. The predicted molar refractivity (Wildman–Crippen MR) is 114 cm³/mol. The van der Waals surface area contributed by atoms with Crippen LogP contribution in [0.5, 0.6) is 0 Å². The summed E-state index contributed by atoms with van der Waals surface area (Å²) in [5, 5.41) is 0.583. The first-order valence-corrected chi connectivity index (χ1v) is 10.3. The van der Waals surface area contributed by atoms with Crippen LogP contribution in [0.1, 0.15) is 25.3 Å². The van der Waals surface area contributed by atoms with Gasteiger partial charge in [0.2, 0.25) is 0 Å². The molecule has 2 aliphatic rings. The molecule has 2 aromatic rings. The Labute approximate surface area is 175 Å². The van der Waals surface area contributed by atoms with Crippen molar-refractivity contribution in [3.8, 4) is 0 Å². The summed E-state index contributed by atoms with van der Waals surface area (Å²) in [5.41, 5.74) is 2.38. The van der Waals surface area contributed by atoms with Crippen molar-refractivity contribution in [3.63, 3.8) is 0 Å². The smallest absolute Gasteiger partial charge is 0.278 e. The average molecular weight is 411 g/mol. The first-order chi connectivity index (χ1) is 14.1. The van der Waals surface area contributed by atoms with Crippen molar-refractivity contribution in [2.45, 2.75) is 25.9 Å². The number of ether oxygens (including phenoxy) is 1. The first kappa shape index (κ1) is 19.7. The summed E-state index contributed by atoms with van der Waals surface area (Å²) in [5.74, 6) is -0.557. The van der Waals surface area contributed by atoms with Crippen molar-refractivity contribution in [1.29, 1.82) is 0 Å². The molecule has 150 valence electrons. The van der Waals surface area contributed by atoms with E-state index >= 15 is 0 Å². The van der Waals surface area contributed by atoms with Crippen LogP contribution in [-0.4, -0.2) is 42.5 Å². The molecule has 0 N–H and O–H groups in total. The maximum Gasteiger partial charge on any atom is 0.278 e. The quantitative estimate of drug-likeness (QED) is 0.672. The number of nitrogens with zero attached hydrogens (tertiary/aromatic N) is 2. The van der Waals surface area contributed by atoms with Gasteiger partial charge in [-0.05, 0) is 49.6 Å². The number of carbonyl (C=O) groups is 2. The average Bonchev–Trinajstić information content (AvgIpc) is 3.33. The number of hydrogen-bond donors (Lipinski definition) is 0. The Hall–Kier alpha value is -2.63. The number of anilines is 1. The number of carbonyl (C=O) groups excluding carboxylic acids is 2. The zero-order valence-electron chi connectivity index (χ0n) is 16.3. The van der Waals surface area contributed by atoms with Gasteiger partial charge in [-0.1, -0.05) is 41.9 Å². The second-order valence-corrected chi connectivity index (χ2v) is 7.60. The molecule has 0 radical (unpaired) electrons. The number of hydrogen-bond acceptors (Lipinski definition) is 4. The Morgan fingerprint density at radius 3 is 2.41 bits per heavy atom. The standard InChI is InChI=1S/C23H23ClN2O3/c1-2-25(18-7-4-3-5-8-18)21-20(16-10-12-17(24)13-11-16)22(27)26(23(21)28)15-19-9-6-14-29-19/h3-5,7-8,10-13,19H,2,6,9,14-15H2,1H3. The number of likely N-dealkylation sites (N-methyl/N-ethyl adjacent to an activating group) is 1. The minimum Gasteiger partial charge on any atom is -0.376 e. The molecule has 1 fully saturated rings. The summed E-state index contributed by atoms with van der Waals surface area (Å²) in [6, 6.07) is 16.7. The second kappa shape index (κ2) is 8.39. The van der Waals surface area contributed by atoms with Gasteiger partial charge in [0.1, 0.15) is 5.70 Å². The highest BCUT2D eigenvalue weighted by molar-refractivity contribution is 6.37. The summed E-state index contributed by atoms with van der Waals surface area (Å²) in [6.07, 6.45) is 1.72. The fraction of sp³-hybridized carbons (Fsp3) is 0.304. The molecule has 5 nitrogen and oxygen atoms in total. The van der Waals surface area contributed by atoms with Crippen LogP contribution in [0.3, 0.4) is 0 Å². The normalized spacial score (nSPS) is 19.4. The molecule has 2 aromatic carbocycles. The van der Waals surface area contributed by atoms with Crippen LogP contribution in [0.4, 0.5) is 5.69 Å². The van der Waals surface area contributed by atoms with Crippen LogP contribution in [0.2, 0.25) is 5.02 Å². The Bertz CT molecular complexity index is 934. The third-order valence-electron chi connectivity index (χ3n) is 5.34. The van der Waals surface area contributed by atoms with Gasteiger partial charge < -0.3 is 9.64 Å². The maximum atomic E-state index is 13.5. The van der Waals surface area contributed by atoms with Crippen molar-refractivity contribution in [1.82, 2.24) is 4.90 Å². The molecule has 29 heavy (non-hydrogen) atoms. The van der Waals surface area contributed by atoms with Gasteiger partial charge in [0, 0.05) is 23.9 Å². The van der Waals surface area contributed by atoms with Crippen molar-refractivity contribution in [3.05, 3.63) is 70.9 Å². The monoisotopic (exact) mass is 410 g/mol. The summed E-state index contributed by atoms with van der Waals surface area (Å²) < 4.78 is 5.68. The van der Waals surface area contributed by atoms with E-state index in [1.807, 2.05) is 42.2 Å². The molecular formula is C23H23ClN2O3. The van der Waals surface area contributed by atoms with Crippen LogP contribution < -0.4 is 4.90 Å². The number of halogens is 1. The number of amides is 2. The first-order valence-electron chi connectivity index (χ1n) is 9.90. The van der Waals surface area contributed by atoms with Gasteiger partial charge in [-0.3, -0.25) is 14.5 Å². The largest absolute Gasteiger partial charge is 0.376 e. The van der Waals surface area contributed by atoms with E-state index in [2.05, 4.69) is 0 Å². The number of rotatable bonds is 6. The summed E-state index contributed by atoms with van der Waals surface area (Å²) in [6.45, 7) is 3.49. The SMILES string of the molecule is CCN(C1=C(c2ccc(Cl)cc2)C(=O)N(CC2CCCO2)C1=O)c1ccccc1. The summed E-state index contributed by atoms with van der Waals surface area (Å²) in [4.78, 5) is 30.1. The lowest BCUT2D eigenvalue weighted by Crippen LogP contribution is -2.40. The highest BCUT2D eigenvalue weighted by Crippen LogP contribution is 2.35. The Kier molecular flexibility index (Phi) is 5.69. The van der Waals surface area contributed by atoms with Crippen LogP contribution in [0, 0.1) is 0 Å². The lowest BCUT2D eigenvalue weighted by atomic mass is 10.0. The highest BCUT2D eigenvalue weighted by atomic mass is 35.5. The number of imide groups is 1. The van der Waals surface area contributed by atoms with E-state index < -0.39 is 0 Å². The van der Waals surface area contributed by atoms with E-state index in [1.54, 1.807) is 24.3 Å². The van der Waals surface area contributed by atoms with E-state index in [0.29, 0.717) is 35.0 Å². The Morgan fingerprint density at radius 1 is 1.07 bits per heavy atom. The van der Waals surface area contributed by atoms with E-state index in [9.17, 15) is 9.59 Å². The van der Waals surface area contributed by atoms with Gasteiger partial charge >= 0.3 is 0 Å². The van der Waals surface area contributed by atoms with Gasteiger partial charge in [0.05, 0.1) is 18.2 Å². The van der Waals surface area contributed by atoms with Crippen LogP contribution in [-0.2, 0) is 14.3 Å². The molecule has 0 aliphatic carbocycles. The van der Waals surface area contributed by atoms with E-state index in [-0.39, 0.29) is 24.5 Å². The van der Waals surface area contributed by atoms with Crippen LogP contribution in [0.25, 0.3) is 5.57 Å². The van der Waals surface area contributed by atoms with Crippen molar-refractivity contribution in [2.24, 2.45) is 0 Å². The topological polar surface area (TPSA) is 49.9 Å². The van der Waals surface area contributed by atoms with Crippen molar-refractivity contribution < 1.29 is 14.3 Å². The fourth-order valence-electron chi connectivity index (χ4n) is 3.93. The molecule has 0 aromatic heterocycles. The second-order valence-electron chi connectivity index (χ2n) is 7.17. The lowest BCUT2D eigenvalue weighted by Gasteiger charge is -2.25. The zero-order chi connectivity index (χ0) is 20.4. The molecule has 1 unspecified atom stereocenters. The Balaban J connectivity index is 1.79. The predicted octanol–water partition coefficient (Wildman–Crippen LogP) is 4.13. The molecule has 1 saturated heterocycles. The van der Waals surface area contributed by atoms with Gasteiger partial charge in [-0.2, -0.15) is 0 Å². The van der Waals surface area contributed by atoms with Crippen molar-refractivity contribution >= 4 is 34.7 Å². The molecule has 2 aliphatic heterocycles. The van der Waals surface area contributed by atoms with Gasteiger partial charge in [-0.15, -0.1) is 0 Å². The number of para-hydroxylation sites is 1. The van der Waals surface area contributed by atoms with E-state index in [1.165, 1.54) is 4.90 Å². The summed E-state index contributed by atoms with van der Waals surface area (Å²) in [7, 11) is 0. The minimum atomic E-state index is -0.280. The molecule has 0 spiro atoms. The lowest BCUT2D eigenvalue weighted by molar-refractivity contribution is -0.138. The molecule has 4 rings (SSSR count). The van der Waals surface area contributed by atoms with Gasteiger partial charge in [0.25, 0.3) is 11.8 Å². The van der Waals surface area contributed by atoms with E-state index in [0.717, 1.165) is 18.5 Å². The molecule has 2 amide bonds. The third-order valence-corrected chi connectivity index (χ3v) is 5.59. The molecule has 2 heterocycles. The number of benzene rings is 2. The van der Waals surface area contributed by atoms with E-state index in [4.69, 9.17) is 16.3 Å². The molecule has 0 saturated carbocycles. The van der Waals surface area contributed by atoms with Crippen LogP contribution >= 0.6 is 11.6 Å². The zero-order valence-corrected chi connectivity index (χ0v) is 17.1. The molecule has 6 heteroatoms. The molecular weight excluding hydrogens is 388 g/mol. The highest BCUT2D eigenvalue weighted by Gasteiger charge is 2.42. The Morgan fingerprint density at radius 2 is 1.79 bits per heavy atom. The maximum absolute atomic E-state index is 13.5.